The lowest BCUT2D eigenvalue weighted by atomic mass is 10.3. The molecule has 7 nitrogen and oxygen atoms in total. The van der Waals surface area contributed by atoms with Crippen molar-refractivity contribution in [2.75, 3.05) is 26.3 Å². The lowest BCUT2D eigenvalue weighted by Crippen LogP contribution is -2.35. The molecule has 16 heavy (non-hydrogen) atoms. The van der Waals surface area contributed by atoms with Crippen molar-refractivity contribution in [2.24, 2.45) is 0 Å². The monoisotopic (exact) mass is 226 g/mol. The maximum absolute atomic E-state index is 10.8. The van der Waals surface area contributed by atoms with Crippen molar-refractivity contribution in [3.8, 4) is 0 Å². The largest absolute Gasteiger partial charge is 0.379 e. The predicted molar refractivity (Wildman–Crippen MR) is 56.1 cm³/mol. The van der Waals surface area contributed by atoms with E-state index in [4.69, 9.17) is 4.74 Å². The van der Waals surface area contributed by atoms with E-state index in [0.717, 1.165) is 13.1 Å². The number of nitrogens with zero attached hydrogens (tertiary/aromatic N) is 3. The van der Waals surface area contributed by atoms with Gasteiger partial charge in [-0.25, -0.2) is 0 Å². The minimum atomic E-state index is -0.380. The third-order valence-electron chi connectivity index (χ3n) is 2.65. The predicted octanol–water partition coefficient (Wildman–Crippen LogP) is 0.459. The van der Waals surface area contributed by atoms with Crippen molar-refractivity contribution >= 4 is 5.69 Å². The summed E-state index contributed by atoms with van der Waals surface area (Å²) >= 11 is 0. The van der Waals surface area contributed by atoms with E-state index < -0.39 is 0 Å². The fraction of sp³-hybridized carbons (Fsp3) is 0.667. The molecule has 2 rings (SSSR count). The lowest BCUT2D eigenvalue weighted by molar-refractivity contribution is -0.386. The molecule has 0 unspecified atom stereocenters. The van der Waals surface area contributed by atoms with Gasteiger partial charge in [0, 0.05) is 19.6 Å². The van der Waals surface area contributed by atoms with Gasteiger partial charge in [-0.1, -0.05) is 0 Å². The molecule has 7 heteroatoms. The van der Waals surface area contributed by atoms with E-state index in [1.165, 1.54) is 0 Å². The highest BCUT2D eigenvalue weighted by molar-refractivity contribution is 5.39. The minimum Gasteiger partial charge on any atom is -0.379 e. The van der Waals surface area contributed by atoms with Gasteiger partial charge in [-0.2, -0.15) is 5.10 Å². The van der Waals surface area contributed by atoms with E-state index in [2.05, 4.69) is 15.1 Å². The van der Waals surface area contributed by atoms with Gasteiger partial charge in [0.05, 0.1) is 18.1 Å². The third-order valence-corrected chi connectivity index (χ3v) is 2.65. The summed E-state index contributed by atoms with van der Waals surface area (Å²) in [6.07, 6.45) is 0. The second-order valence-corrected chi connectivity index (χ2v) is 3.79. The first-order chi connectivity index (χ1) is 7.68. The number of nitrogens with one attached hydrogen (secondary N) is 1. The Morgan fingerprint density at radius 3 is 2.88 bits per heavy atom. The van der Waals surface area contributed by atoms with Crippen LogP contribution in [0.3, 0.4) is 0 Å². The zero-order chi connectivity index (χ0) is 11.5. The summed E-state index contributed by atoms with van der Waals surface area (Å²) in [4.78, 5) is 12.6. The van der Waals surface area contributed by atoms with Crippen molar-refractivity contribution in [1.29, 1.82) is 0 Å². The molecule has 0 radical (unpaired) electrons. The first-order valence-corrected chi connectivity index (χ1v) is 5.17. The van der Waals surface area contributed by atoms with Crippen molar-refractivity contribution in [3.05, 3.63) is 21.5 Å². The molecule has 1 aliphatic rings. The van der Waals surface area contributed by atoms with E-state index in [-0.39, 0.29) is 10.6 Å². The van der Waals surface area contributed by atoms with Crippen LogP contribution in [0.2, 0.25) is 0 Å². The molecule has 0 aliphatic carbocycles. The molecule has 0 bridgehead atoms. The smallest absolute Gasteiger partial charge is 0.314 e. The van der Waals surface area contributed by atoms with Crippen molar-refractivity contribution < 1.29 is 9.66 Å². The maximum Gasteiger partial charge on any atom is 0.314 e. The van der Waals surface area contributed by atoms with Gasteiger partial charge in [0.25, 0.3) is 0 Å². The van der Waals surface area contributed by atoms with E-state index in [0.29, 0.717) is 31.1 Å². The molecule has 1 saturated heterocycles. The van der Waals surface area contributed by atoms with Crippen LogP contribution in [0.15, 0.2) is 0 Å². The summed E-state index contributed by atoms with van der Waals surface area (Å²) in [5.41, 5.74) is 1.11. The Morgan fingerprint density at radius 2 is 2.25 bits per heavy atom. The standard InChI is InChI=1S/C9H14N4O3/c1-7-9(13(14)15)8(11-10-7)6-12-2-4-16-5-3-12/h2-6H2,1H3,(H,10,11). The number of ether oxygens (including phenoxy) is 1. The molecule has 0 amide bonds. The highest BCUT2D eigenvalue weighted by Gasteiger charge is 2.23. The van der Waals surface area contributed by atoms with Crippen LogP contribution in [0.1, 0.15) is 11.4 Å². The Bertz CT molecular complexity index is 384. The summed E-state index contributed by atoms with van der Waals surface area (Å²) in [6, 6.07) is 0. The quantitative estimate of drug-likeness (QED) is 0.597. The Morgan fingerprint density at radius 1 is 1.56 bits per heavy atom. The zero-order valence-corrected chi connectivity index (χ0v) is 9.10. The number of aromatic amines is 1. The molecule has 0 atom stereocenters. The summed E-state index contributed by atoms with van der Waals surface area (Å²) < 4.78 is 5.22. The number of rotatable bonds is 3. The van der Waals surface area contributed by atoms with E-state index in [9.17, 15) is 10.1 Å². The summed E-state index contributed by atoms with van der Waals surface area (Å²) in [6.45, 7) is 5.11. The van der Waals surface area contributed by atoms with Crippen LogP contribution >= 0.6 is 0 Å². The first kappa shape index (κ1) is 11.0. The van der Waals surface area contributed by atoms with E-state index in [1.807, 2.05) is 0 Å². The van der Waals surface area contributed by atoms with Gasteiger partial charge in [-0.3, -0.25) is 20.1 Å². The Labute approximate surface area is 92.5 Å². The summed E-state index contributed by atoms with van der Waals surface area (Å²) in [5.74, 6) is 0. The minimum absolute atomic E-state index is 0.103. The molecule has 1 fully saturated rings. The highest BCUT2D eigenvalue weighted by Crippen LogP contribution is 2.21. The van der Waals surface area contributed by atoms with Gasteiger partial charge in [0.2, 0.25) is 0 Å². The SMILES string of the molecule is Cc1[nH]nc(CN2CCOCC2)c1[N+](=O)[O-]. The van der Waals surface area contributed by atoms with Crippen LogP contribution in [-0.4, -0.2) is 46.3 Å². The molecular weight excluding hydrogens is 212 g/mol. The zero-order valence-electron chi connectivity index (χ0n) is 9.10. The molecule has 0 aromatic carbocycles. The molecule has 1 aromatic rings. The molecule has 1 N–H and O–H groups in total. The van der Waals surface area contributed by atoms with Crippen LogP contribution in [-0.2, 0) is 11.3 Å². The summed E-state index contributed by atoms with van der Waals surface area (Å²) in [5, 5.41) is 17.5. The van der Waals surface area contributed by atoms with Crippen LogP contribution < -0.4 is 0 Å². The average Bonchev–Trinajstić information content (AvgIpc) is 2.61. The van der Waals surface area contributed by atoms with Gasteiger partial charge in [-0.15, -0.1) is 0 Å². The number of hydrogen-bond acceptors (Lipinski definition) is 5. The lowest BCUT2D eigenvalue weighted by Gasteiger charge is -2.25. The van der Waals surface area contributed by atoms with Gasteiger partial charge >= 0.3 is 5.69 Å². The number of nitro groups is 1. The second kappa shape index (κ2) is 4.58. The second-order valence-electron chi connectivity index (χ2n) is 3.79. The Balaban J connectivity index is 2.11. The highest BCUT2D eigenvalue weighted by atomic mass is 16.6. The number of hydrogen-bond donors (Lipinski definition) is 1. The molecule has 0 spiro atoms. The first-order valence-electron chi connectivity index (χ1n) is 5.17. The molecule has 88 valence electrons. The van der Waals surface area contributed by atoms with Crippen molar-refractivity contribution in [3.63, 3.8) is 0 Å². The van der Waals surface area contributed by atoms with E-state index in [1.54, 1.807) is 6.92 Å². The van der Waals surface area contributed by atoms with Gasteiger partial charge in [0.15, 0.2) is 5.69 Å². The number of aryl methyl sites for hydroxylation is 1. The maximum atomic E-state index is 10.8. The molecule has 0 saturated carbocycles. The van der Waals surface area contributed by atoms with Gasteiger partial charge in [-0.05, 0) is 6.92 Å². The number of morpholine rings is 1. The topological polar surface area (TPSA) is 84.3 Å². The number of aromatic nitrogens is 2. The Hall–Kier alpha value is -1.47. The summed E-state index contributed by atoms with van der Waals surface area (Å²) in [7, 11) is 0. The fourth-order valence-electron chi connectivity index (χ4n) is 1.80. The van der Waals surface area contributed by atoms with Gasteiger partial charge in [0.1, 0.15) is 5.69 Å². The molecule has 1 aromatic heterocycles. The fourth-order valence-corrected chi connectivity index (χ4v) is 1.80. The Kier molecular flexibility index (Phi) is 3.16. The average molecular weight is 226 g/mol. The molecular formula is C9H14N4O3. The van der Waals surface area contributed by atoms with Crippen LogP contribution in [0.25, 0.3) is 0 Å². The van der Waals surface area contributed by atoms with Crippen LogP contribution in [0, 0.1) is 17.0 Å². The normalized spacial score (nSPS) is 17.6. The molecule has 1 aliphatic heterocycles. The number of H-pyrrole nitrogens is 1. The van der Waals surface area contributed by atoms with Crippen molar-refractivity contribution in [1.82, 2.24) is 15.1 Å². The third kappa shape index (κ3) is 2.20. The van der Waals surface area contributed by atoms with Crippen LogP contribution in [0.5, 0.6) is 0 Å². The van der Waals surface area contributed by atoms with Crippen molar-refractivity contribution in [2.45, 2.75) is 13.5 Å². The van der Waals surface area contributed by atoms with E-state index >= 15 is 0 Å². The van der Waals surface area contributed by atoms with Gasteiger partial charge < -0.3 is 4.74 Å². The molecule has 2 heterocycles. The van der Waals surface area contributed by atoms with Crippen LogP contribution in [0.4, 0.5) is 5.69 Å².